The predicted octanol–water partition coefficient (Wildman–Crippen LogP) is 2.33. The molecule has 4 heteroatoms. The molecule has 0 aromatic heterocycles. The summed E-state index contributed by atoms with van der Waals surface area (Å²) < 4.78 is 5.81. The van der Waals surface area contributed by atoms with Crippen molar-refractivity contribution in [2.45, 2.75) is 20.8 Å². The Kier molecular flexibility index (Phi) is 4.65. The first-order valence-corrected chi connectivity index (χ1v) is 7.12. The Bertz CT molecular complexity index is 481. The van der Waals surface area contributed by atoms with E-state index in [2.05, 4.69) is 30.0 Å². The Hall–Kier alpha value is -1.55. The highest BCUT2D eigenvalue weighted by atomic mass is 16.5. The molecule has 0 radical (unpaired) electrons. The second-order valence-electron chi connectivity index (χ2n) is 5.76. The van der Waals surface area contributed by atoms with E-state index in [9.17, 15) is 4.79 Å². The van der Waals surface area contributed by atoms with Gasteiger partial charge in [0.05, 0.1) is 5.92 Å². The SMILES string of the molecule is Cc1ccc(C)c(OCCN2CC(C(C)C(=O)O)C2)c1. The minimum absolute atomic E-state index is 0.244. The summed E-state index contributed by atoms with van der Waals surface area (Å²) in [7, 11) is 0. The van der Waals surface area contributed by atoms with Crippen molar-refractivity contribution < 1.29 is 14.6 Å². The topological polar surface area (TPSA) is 49.8 Å². The molecule has 1 aliphatic heterocycles. The molecule has 1 atom stereocenters. The van der Waals surface area contributed by atoms with Crippen LogP contribution < -0.4 is 4.74 Å². The van der Waals surface area contributed by atoms with Crippen LogP contribution in [0.4, 0.5) is 0 Å². The van der Waals surface area contributed by atoms with Crippen LogP contribution in [-0.2, 0) is 4.79 Å². The van der Waals surface area contributed by atoms with Crippen molar-refractivity contribution in [1.82, 2.24) is 4.90 Å². The number of carboxylic acid groups (broad SMARTS) is 1. The van der Waals surface area contributed by atoms with Crippen LogP contribution in [0.25, 0.3) is 0 Å². The molecule has 0 aliphatic carbocycles. The van der Waals surface area contributed by atoms with Gasteiger partial charge in [-0.15, -0.1) is 0 Å². The van der Waals surface area contributed by atoms with Crippen LogP contribution in [0, 0.1) is 25.7 Å². The molecule has 110 valence electrons. The molecule has 20 heavy (non-hydrogen) atoms. The van der Waals surface area contributed by atoms with Crippen molar-refractivity contribution in [2.24, 2.45) is 11.8 Å². The second kappa shape index (κ2) is 6.27. The van der Waals surface area contributed by atoms with Crippen LogP contribution in [0.1, 0.15) is 18.1 Å². The van der Waals surface area contributed by atoms with Gasteiger partial charge in [0, 0.05) is 19.6 Å². The minimum Gasteiger partial charge on any atom is -0.492 e. The highest BCUT2D eigenvalue weighted by Crippen LogP contribution is 2.24. The smallest absolute Gasteiger partial charge is 0.306 e. The number of nitrogens with zero attached hydrogens (tertiary/aromatic N) is 1. The van der Waals surface area contributed by atoms with Gasteiger partial charge in [0.1, 0.15) is 12.4 Å². The van der Waals surface area contributed by atoms with Crippen molar-refractivity contribution >= 4 is 5.97 Å². The Morgan fingerprint density at radius 1 is 1.45 bits per heavy atom. The quantitative estimate of drug-likeness (QED) is 0.867. The molecule has 4 nitrogen and oxygen atoms in total. The molecule has 2 rings (SSSR count). The summed E-state index contributed by atoms with van der Waals surface area (Å²) in [5.41, 5.74) is 2.35. The molecule has 1 fully saturated rings. The van der Waals surface area contributed by atoms with Gasteiger partial charge in [-0.05, 0) is 37.0 Å². The molecule has 1 heterocycles. The molecular formula is C16H23NO3. The number of hydrogen-bond acceptors (Lipinski definition) is 3. The van der Waals surface area contributed by atoms with E-state index in [1.165, 1.54) is 5.56 Å². The lowest BCUT2D eigenvalue weighted by atomic mass is 9.87. The normalized spacial score (nSPS) is 17.6. The number of ether oxygens (including phenoxy) is 1. The van der Waals surface area contributed by atoms with Gasteiger partial charge in [0.2, 0.25) is 0 Å². The number of carboxylic acids is 1. The number of hydrogen-bond donors (Lipinski definition) is 1. The van der Waals surface area contributed by atoms with E-state index in [1.54, 1.807) is 6.92 Å². The van der Waals surface area contributed by atoms with Crippen molar-refractivity contribution in [1.29, 1.82) is 0 Å². The van der Waals surface area contributed by atoms with E-state index in [-0.39, 0.29) is 11.8 Å². The van der Waals surface area contributed by atoms with E-state index in [0.717, 1.165) is 30.9 Å². The molecule has 1 aliphatic rings. The van der Waals surface area contributed by atoms with Gasteiger partial charge < -0.3 is 9.84 Å². The molecule has 1 N–H and O–H groups in total. The van der Waals surface area contributed by atoms with Crippen molar-refractivity contribution in [3.05, 3.63) is 29.3 Å². The van der Waals surface area contributed by atoms with Crippen LogP contribution in [0.5, 0.6) is 5.75 Å². The third kappa shape index (κ3) is 3.51. The fourth-order valence-corrected chi connectivity index (χ4v) is 2.46. The van der Waals surface area contributed by atoms with Gasteiger partial charge in [-0.1, -0.05) is 19.1 Å². The van der Waals surface area contributed by atoms with E-state index in [0.29, 0.717) is 6.61 Å². The summed E-state index contributed by atoms with van der Waals surface area (Å²) in [4.78, 5) is 13.1. The highest BCUT2D eigenvalue weighted by molar-refractivity contribution is 5.70. The Balaban J connectivity index is 1.71. The fourth-order valence-electron chi connectivity index (χ4n) is 2.46. The molecule has 0 saturated carbocycles. The summed E-state index contributed by atoms with van der Waals surface area (Å²) in [6, 6.07) is 6.20. The number of aliphatic carboxylic acids is 1. The third-order valence-corrected chi connectivity index (χ3v) is 4.09. The molecule has 0 spiro atoms. The lowest BCUT2D eigenvalue weighted by Crippen LogP contribution is -2.52. The summed E-state index contributed by atoms with van der Waals surface area (Å²) >= 11 is 0. The summed E-state index contributed by atoms with van der Waals surface area (Å²) in [5.74, 6) is 0.293. The lowest BCUT2D eigenvalue weighted by Gasteiger charge is -2.41. The third-order valence-electron chi connectivity index (χ3n) is 4.09. The molecule has 1 aromatic rings. The molecule has 1 saturated heterocycles. The fraction of sp³-hybridized carbons (Fsp3) is 0.562. The Morgan fingerprint density at radius 3 is 2.80 bits per heavy atom. The van der Waals surface area contributed by atoms with Crippen LogP contribution in [-0.4, -0.2) is 42.2 Å². The van der Waals surface area contributed by atoms with E-state index >= 15 is 0 Å². The second-order valence-corrected chi connectivity index (χ2v) is 5.76. The van der Waals surface area contributed by atoms with Gasteiger partial charge in [-0.3, -0.25) is 9.69 Å². The highest BCUT2D eigenvalue weighted by Gasteiger charge is 2.34. The number of likely N-dealkylation sites (tertiary alicyclic amines) is 1. The number of benzene rings is 1. The van der Waals surface area contributed by atoms with Gasteiger partial charge in [-0.25, -0.2) is 0 Å². The van der Waals surface area contributed by atoms with Crippen LogP contribution in [0.3, 0.4) is 0 Å². The molecule has 0 bridgehead atoms. The van der Waals surface area contributed by atoms with Crippen LogP contribution in [0.2, 0.25) is 0 Å². The van der Waals surface area contributed by atoms with E-state index in [4.69, 9.17) is 9.84 Å². The zero-order chi connectivity index (χ0) is 14.7. The molecule has 0 amide bonds. The van der Waals surface area contributed by atoms with Crippen LogP contribution >= 0.6 is 0 Å². The number of carbonyl (C=O) groups is 1. The monoisotopic (exact) mass is 277 g/mol. The Labute approximate surface area is 120 Å². The van der Waals surface area contributed by atoms with Gasteiger partial charge in [-0.2, -0.15) is 0 Å². The van der Waals surface area contributed by atoms with Crippen molar-refractivity contribution in [3.63, 3.8) is 0 Å². The van der Waals surface area contributed by atoms with Gasteiger partial charge in [0.25, 0.3) is 0 Å². The minimum atomic E-state index is -0.693. The predicted molar refractivity (Wildman–Crippen MR) is 78.1 cm³/mol. The molecule has 1 aromatic carbocycles. The first-order chi connectivity index (χ1) is 9.47. The lowest BCUT2D eigenvalue weighted by molar-refractivity contribution is -0.145. The van der Waals surface area contributed by atoms with Crippen molar-refractivity contribution in [3.8, 4) is 5.75 Å². The first-order valence-electron chi connectivity index (χ1n) is 7.12. The van der Waals surface area contributed by atoms with Crippen LogP contribution in [0.15, 0.2) is 18.2 Å². The molecular weight excluding hydrogens is 254 g/mol. The van der Waals surface area contributed by atoms with E-state index in [1.807, 2.05) is 6.92 Å². The summed E-state index contributed by atoms with van der Waals surface area (Å²) in [6.45, 7) is 9.13. The zero-order valence-electron chi connectivity index (χ0n) is 12.4. The summed E-state index contributed by atoms with van der Waals surface area (Å²) in [6.07, 6.45) is 0. The maximum atomic E-state index is 10.9. The van der Waals surface area contributed by atoms with Gasteiger partial charge >= 0.3 is 5.97 Å². The zero-order valence-corrected chi connectivity index (χ0v) is 12.4. The average Bonchev–Trinajstić information content (AvgIpc) is 2.35. The van der Waals surface area contributed by atoms with E-state index < -0.39 is 5.97 Å². The maximum Gasteiger partial charge on any atom is 0.306 e. The largest absolute Gasteiger partial charge is 0.492 e. The summed E-state index contributed by atoms with van der Waals surface area (Å²) in [5, 5.41) is 8.94. The first kappa shape index (κ1) is 14.9. The molecule has 1 unspecified atom stereocenters. The van der Waals surface area contributed by atoms with Crippen molar-refractivity contribution in [2.75, 3.05) is 26.2 Å². The number of rotatable bonds is 6. The number of aryl methyl sites for hydroxylation is 2. The van der Waals surface area contributed by atoms with Gasteiger partial charge in [0.15, 0.2) is 0 Å². The Morgan fingerprint density at radius 2 is 2.15 bits per heavy atom. The maximum absolute atomic E-state index is 10.9. The standard InChI is InChI=1S/C16H23NO3/c1-11-4-5-12(2)15(8-11)20-7-6-17-9-14(10-17)13(3)16(18)19/h4-5,8,13-14H,6-7,9-10H2,1-3H3,(H,18,19). The average molecular weight is 277 g/mol.